The Balaban J connectivity index is 1.48. The van der Waals surface area contributed by atoms with E-state index in [9.17, 15) is 0 Å². The van der Waals surface area contributed by atoms with Crippen molar-refractivity contribution in [3.8, 4) is 17.1 Å². The zero-order chi connectivity index (χ0) is 20.4. The van der Waals surface area contributed by atoms with E-state index in [1.165, 1.54) is 22.4 Å². The molecular weight excluding hydrogens is 382 g/mol. The molecule has 2 aromatic heterocycles. The van der Waals surface area contributed by atoms with Gasteiger partial charge in [0, 0.05) is 11.1 Å². The molecule has 1 unspecified atom stereocenters. The van der Waals surface area contributed by atoms with Crippen LogP contribution in [-0.2, 0) is 6.67 Å². The highest BCUT2D eigenvalue weighted by Gasteiger charge is 2.17. The lowest BCUT2D eigenvalue weighted by molar-refractivity contribution is -0.933. The van der Waals surface area contributed by atoms with Gasteiger partial charge < -0.3 is 4.90 Å². The molecule has 0 spiro atoms. The lowest BCUT2D eigenvalue weighted by Gasteiger charge is -2.22. The van der Waals surface area contributed by atoms with Crippen molar-refractivity contribution in [2.24, 2.45) is 0 Å². The average molecular weight is 407 g/mol. The minimum absolute atomic E-state index is 0.285. The number of aromatic amines is 1. The number of quaternary nitrogens is 1. The highest BCUT2D eigenvalue weighted by atomic mass is 32.1. The van der Waals surface area contributed by atoms with Crippen molar-refractivity contribution < 1.29 is 4.90 Å². The van der Waals surface area contributed by atoms with Gasteiger partial charge in [-0.3, -0.25) is 5.10 Å². The number of nitrogens with one attached hydrogen (secondary N) is 2. The monoisotopic (exact) mass is 406 g/mol. The van der Waals surface area contributed by atoms with Gasteiger partial charge in [-0.15, -0.1) is 0 Å². The highest BCUT2D eigenvalue weighted by molar-refractivity contribution is 7.71. The fraction of sp³-hybridized carbons (Fsp3) is 0.238. The Morgan fingerprint density at radius 1 is 1.10 bits per heavy atom. The molecule has 0 saturated carbocycles. The zero-order valence-corrected chi connectivity index (χ0v) is 17.5. The van der Waals surface area contributed by atoms with Crippen molar-refractivity contribution in [1.82, 2.24) is 29.5 Å². The molecule has 0 aliphatic heterocycles. The summed E-state index contributed by atoms with van der Waals surface area (Å²) in [4.78, 5) is 9.82. The van der Waals surface area contributed by atoms with Crippen molar-refractivity contribution in [1.29, 1.82) is 0 Å². The molecule has 4 aromatic rings. The molecule has 0 fully saturated rings. The van der Waals surface area contributed by atoms with Crippen molar-refractivity contribution in [2.45, 2.75) is 26.6 Å². The first-order chi connectivity index (χ1) is 14.0. The third-order valence-corrected chi connectivity index (χ3v) is 5.54. The molecule has 0 radical (unpaired) electrons. The fourth-order valence-electron chi connectivity index (χ4n) is 3.23. The summed E-state index contributed by atoms with van der Waals surface area (Å²) in [7, 11) is 2.16. The van der Waals surface area contributed by atoms with E-state index in [0.29, 0.717) is 11.4 Å². The highest BCUT2D eigenvalue weighted by Crippen LogP contribution is 2.16. The van der Waals surface area contributed by atoms with E-state index in [4.69, 9.17) is 12.2 Å². The molecule has 2 atom stereocenters. The largest absolute Gasteiger partial charge is 0.313 e. The predicted octanol–water partition coefficient (Wildman–Crippen LogP) is 2.73. The van der Waals surface area contributed by atoms with Gasteiger partial charge in [-0.05, 0) is 38.2 Å². The van der Waals surface area contributed by atoms with Crippen molar-refractivity contribution in [2.75, 3.05) is 7.05 Å². The maximum absolute atomic E-state index is 5.47. The van der Waals surface area contributed by atoms with Gasteiger partial charge in [0.1, 0.15) is 18.7 Å². The molecule has 0 aliphatic carbocycles. The van der Waals surface area contributed by atoms with Crippen LogP contribution in [0.3, 0.4) is 0 Å². The molecule has 2 N–H and O–H groups in total. The summed E-state index contributed by atoms with van der Waals surface area (Å²) < 4.78 is 4.25. The molecular formula is C21H24N7S+. The second-order valence-electron chi connectivity index (χ2n) is 7.31. The van der Waals surface area contributed by atoms with Crippen LogP contribution in [0.15, 0.2) is 61.2 Å². The minimum atomic E-state index is 0.285. The van der Waals surface area contributed by atoms with Gasteiger partial charge in [0.2, 0.25) is 4.77 Å². The first-order valence-corrected chi connectivity index (χ1v) is 9.93. The normalized spacial score (nSPS) is 13.3. The molecule has 8 heteroatoms. The SMILES string of the molecule is Cc1ccc(-c2nc(=S)n(C[NH+](C)[C@H](C)c3ccc(-n4cncn4)cc3)[nH]2)cc1. The summed E-state index contributed by atoms with van der Waals surface area (Å²) >= 11 is 5.47. The topological polar surface area (TPSA) is 68.8 Å². The molecule has 0 aliphatic rings. The quantitative estimate of drug-likeness (QED) is 0.483. The number of benzene rings is 2. The van der Waals surface area contributed by atoms with Crippen molar-refractivity contribution in [3.05, 3.63) is 77.1 Å². The molecule has 2 aromatic carbocycles. The van der Waals surface area contributed by atoms with Gasteiger partial charge in [0.25, 0.3) is 0 Å². The maximum atomic E-state index is 5.47. The molecule has 148 valence electrons. The molecule has 7 nitrogen and oxygen atoms in total. The molecule has 2 heterocycles. The second kappa shape index (κ2) is 8.10. The fourth-order valence-corrected chi connectivity index (χ4v) is 3.43. The van der Waals surface area contributed by atoms with Crippen LogP contribution >= 0.6 is 12.2 Å². The molecule has 0 bridgehead atoms. The number of aromatic nitrogens is 6. The van der Waals surface area contributed by atoms with E-state index in [-0.39, 0.29) is 6.04 Å². The lowest BCUT2D eigenvalue weighted by atomic mass is 10.1. The average Bonchev–Trinajstić information content (AvgIpc) is 3.39. The van der Waals surface area contributed by atoms with E-state index >= 15 is 0 Å². The van der Waals surface area contributed by atoms with Gasteiger partial charge in [-0.25, -0.2) is 14.3 Å². The number of hydrogen-bond acceptors (Lipinski definition) is 4. The number of H-pyrrole nitrogens is 1. The number of aryl methyl sites for hydroxylation is 1. The van der Waals surface area contributed by atoms with E-state index in [1.54, 1.807) is 11.0 Å². The Morgan fingerprint density at radius 3 is 2.48 bits per heavy atom. The molecule has 0 amide bonds. The van der Waals surface area contributed by atoms with Crippen LogP contribution in [0, 0.1) is 11.7 Å². The summed E-state index contributed by atoms with van der Waals surface area (Å²) in [6.07, 6.45) is 3.23. The summed E-state index contributed by atoms with van der Waals surface area (Å²) in [5.74, 6) is 0.799. The Labute approximate surface area is 174 Å². The molecule has 4 rings (SSSR count). The van der Waals surface area contributed by atoms with Gasteiger partial charge in [0.15, 0.2) is 12.5 Å². The van der Waals surface area contributed by atoms with Gasteiger partial charge in [-0.2, -0.15) is 10.1 Å². The van der Waals surface area contributed by atoms with Gasteiger partial charge >= 0.3 is 0 Å². The van der Waals surface area contributed by atoms with Crippen molar-refractivity contribution >= 4 is 12.2 Å². The summed E-state index contributed by atoms with van der Waals surface area (Å²) in [5, 5.41) is 7.51. The van der Waals surface area contributed by atoms with Crippen LogP contribution in [0.1, 0.15) is 24.1 Å². The van der Waals surface area contributed by atoms with Crippen LogP contribution in [0.2, 0.25) is 0 Å². The van der Waals surface area contributed by atoms with Crippen molar-refractivity contribution in [3.63, 3.8) is 0 Å². The maximum Gasteiger partial charge on any atom is 0.221 e. The zero-order valence-electron chi connectivity index (χ0n) is 16.7. The van der Waals surface area contributed by atoms with Crippen LogP contribution in [0.4, 0.5) is 0 Å². The van der Waals surface area contributed by atoms with Crippen LogP contribution in [0.25, 0.3) is 17.1 Å². The number of rotatable bonds is 6. The third-order valence-electron chi connectivity index (χ3n) is 5.23. The first kappa shape index (κ1) is 19.2. The van der Waals surface area contributed by atoms with Gasteiger partial charge in [0.05, 0.1) is 12.7 Å². The van der Waals surface area contributed by atoms with Crippen LogP contribution in [0.5, 0.6) is 0 Å². The smallest absolute Gasteiger partial charge is 0.221 e. The Hall–Kier alpha value is -3.10. The lowest BCUT2D eigenvalue weighted by Crippen LogP contribution is -3.08. The van der Waals surface area contributed by atoms with Crippen LogP contribution in [-0.4, -0.2) is 36.6 Å². The standard InChI is InChI=1S/C21H23N7S/c1-15-4-6-18(7-5-15)20-24-21(29)28(25-20)14-26(3)16(2)17-8-10-19(11-9-17)27-13-22-12-23-27/h4-13,16H,14H2,1-3H3,(H,24,25,29)/p+1/t16-/m1/s1. The minimum Gasteiger partial charge on any atom is -0.313 e. The summed E-state index contributed by atoms with van der Waals surface area (Å²) in [6.45, 7) is 4.98. The van der Waals surface area contributed by atoms with E-state index in [2.05, 4.69) is 89.6 Å². The first-order valence-electron chi connectivity index (χ1n) is 9.52. The van der Waals surface area contributed by atoms with E-state index in [0.717, 1.165) is 17.1 Å². The van der Waals surface area contributed by atoms with E-state index < -0.39 is 0 Å². The van der Waals surface area contributed by atoms with Crippen LogP contribution < -0.4 is 4.90 Å². The Morgan fingerprint density at radius 2 is 1.83 bits per heavy atom. The Kier molecular flexibility index (Phi) is 5.37. The molecule has 29 heavy (non-hydrogen) atoms. The van der Waals surface area contributed by atoms with E-state index in [1.807, 2.05) is 4.68 Å². The summed E-state index contributed by atoms with van der Waals surface area (Å²) in [5.41, 5.74) is 4.50. The Bertz CT molecular complexity index is 1130. The second-order valence-corrected chi connectivity index (χ2v) is 7.67. The van der Waals surface area contributed by atoms with Gasteiger partial charge in [-0.1, -0.05) is 42.0 Å². The summed E-state index contributed by atoms with van der Waals surface area (Å²) in [6, 6.07) is 16.9. The molecule has 0 saturated heterocycles. The number of nitrogens with zero attached hydrogens (tertiary/aromatic N) is 5. The predicted molar refractivity (Wildman–Crippen MR) is 114 cm³/mol. The third kappa shape index (κ3) is 4.18. The number of hydrogen-bond donors (Lipinski definition) is 2.